The molecule has 2 aromatic rings. The van der Waals surface area contributed by atoms with E-state index in [0.717, 1.165) is 0 Å². The summed E-state index contributed by atoms with van der Waals surface area (Å²) in [4.78, 5) is 18.4. The molecular weight excluding hydrogens is 172 g/mol. The monoisotopic (exact) mass is 178 g/mol. The molecule has 0 atom stereocenters. The molecule has 0 bridgehead atoms. The van der Waals surface area contributed by atoms with Crippen LogP contribution in [0.5, 0.6) is 5.75 Å². The van der Waals surface area contributed by atoms with Gasteiger partial charge in [-0.2, -0.15) is 0 Å². The Morgan fingerprint density at radius 1 is 1.62 bits per heavy atom. The molecule has 13 heavy (non-hydrogen) atoms. The second-order valence-electron chi connectivity index (χ2n) is 2.58. The minimum atomic E-state index is -0.337. The van der Waals surface area contributed by atoms with Crippen molar-refractivity contribution in [2.45, 2.75) is 6.92 Å². The quantitative estimate of drug-likeness (QED) is 0.662. The molecule has 0 saturated carbocycles. The Bertz CT molecular complexity index is 475. The van der Waals surface area contributed by atoms with Crippen molar-refractivity contribution in [1.82, 2.24) is 9.97 Å². The summed E-state index contributed by atoms with van der Waals surface area (Å²) in [7, 11) is 0. The fourth-order valence-electron chi connectivity index (χ4n) is 1.07. The second-order valence-corrected chi connectivity index (χ2v) is 2.58. The van der Waals surface area contributed by atoms with Gasteiger partial charge in [0.25, 0.3) is 0 Å². The van der Waals surface area contributed by atoms with Crippen LogP contribution in [-0.4, -0.2) is 20.9 Å². The van der Waals surface area contributed by atoms with Crippen LogP contribution >= 0.6 is 0 Å². The number of carbonyl (C=O) groups is 1. The van der Waals surface area contributed by atoms with E-state index in [0.29, 0.717) is 5.39 Å². The van der Waals surface area contributed by atoms with E-state index in [2.05, 4.69) is 9.97 Å². The summed E-state index contributed by atoms with van der Waals surface area (Å²) >= 11 is 0. The summed E-state index contributed by atoms with van der Waals surface area (Å²) in [6.07, 6.45) is 2.68. The molecule has 0 aliphatic rings. The highest BCUT2D eigenvalue weighted by Crippen LogP contribution is 2.29. The van der Waals surface area contributed by atoms with Gasteiger partial charge in [0.2, 0.25) is 11.5 Å². The molecule has 0 aromatic carbocycles. The van der Waals surface area contributed by atoms with Crippen LogP contribution in [-0.2, 0) is 0 Å². The lowest BCUT2D eigenvalue weighted by molar-refractivity contribution is 0.0985. The first-order chi connectivity index (χ1) is 6.20. The van der Waals surface area contributed by atoms with Gasteiger partial charge in [0.1, 0.15) is 11.7 Å². The van der Waals surface area contributed by atoms with Gasteiger partial charge in [0.15, 0.2) is 11.5 Å². The van der Waals surface area contributed by atoms with Crippen molar-refractivity contribution in [2.24, 2.45) is 0 Å². The van der Waals surface area contributed by atoms with Crippen LogP contribution in [0.1, 0.15) is 17.5 Å². The first kappa shape index (κ1) is 7.72. The van der Waals surface area contributed by atoms with Crippen LogP contribution in [0, 0.1) is 0 Å². The van der Waals surface area contributed by atoms with Gasteiger partial charge < -0.3 is 9.52 Å². The van der Waals surface area contributed by atoms with Crippen LogP contribution in [0.2, 0.25) is 0 Å². The second kappa shape index (κ2) is 2.55. The highest BCUT2D eigenvalue weighted by Gasteiger charge is 2.17. The fourth-order valence-corrected chi connectivity index (χ4v) is 1.07. The molecule has 0 radical (unpaired) electrons. The standard InChI is InChI=1S/C8H6N2O3/c1-4(11)7-6(12)5-2-9-3-10-8(5)13-7/h2-3,12H,1H3. The third kappa shape index (κ3) is 1.05. The molecule has 66 valence electrons. The first-order valence-electron chi connectivity index (χ1n) is 3.62. The molecule has 5 heteroatoms. The summed E-state index contributed by atoms with van der Waals surface area (Å²) in [6, 6.07) is 0. The molecule has 0 spiro atoms. The first-order valence-corrected chi connectivity index (χ1v) is 3.62. The van der Waals surface area contributed by atoms with E-state index in [9.17, 15) is 9.90 Å². The maximum atomic E-state index is 10.9. The number of rotatable bonds is 1. The summed E-state index contributed by atoms with van der Waals surface area (Å²) in [5.74, 6) is -0.603. The lowest BCUT2D eigenvalue weighted by Gasteiger charge is -1.86. The summed E-state index contributed by atoms with van der Waals surface area (Å²) in [6.45, 7) is 1.31. The Morgan fingerprint density at radius 2 is 2.38 bits per heavy atom. The highest BCUT2D eigenvalue weighted by molar-refractivity contribution is 6.00. The summed E-state index contributed by atoms with van der Waals surface area (Å²) < 4.78 is 5.01. The number of hydrogen-bond donors (Lipinski definition) is 1. The van der Waals surface area contributed by atoms with Gasteiger partial charge in [-0.3, -0.25) is 4.79 Å². The molecule has 0 unspecified atom stereocenters. The molecular formula is C8H6N2O3. The van der Waals surface area contributed by atoms with E-state index < -0.39 is 0 Å². The Labute approximate surface area is 73.0 Å². The van der Waals surface area contributed by atoms with Crippen LogP contribution in [0.3, 0.4) is 0 Å². The molecule has 1 N–H and O–H groups in total. The maximum Gasteiger partial charge on any atom is 0.233 e. The average molecular weight is 178 g/mol. The van der Waals surface area contributed by atoms with E-state index in [1.165, 1.54) is 19.4 Å². The number of furan rings is 1. The van der Waals surface area contributed by atoms with E-state index in [1.807, 2.05) is 0 Å². The molecule has 0 aliphatic carbocycles. The lowest BCUT2D eigenvalue weighted by atomic mass is 10.3. The molecule has 2 heterocycles. The van der Waals surface area contributed by atoms with E-state index >= 15 is 0 Å². The van der Waals surface area contributed by atoms with E-state index in [-0.39, 0.29) is 23.0 Å². The van der Waals surface area contributed by atoms with Crippen molar-refractivity contribution in [2.75, 3.05) is 0 Å². The normalized spacial score (nSPS) is 10.5. The zero-order valence-corrected chi connectivity index (χ0v) is 6.81. The Kier molecular flexibility index (Phi) is 1.51. The number of Topliss-reactive ketones (excluding diaryl/α,β-unsaturated/α-hetero) is 1. The smallest absolute Gasteiger partial charge is 0.233 e. The van der Waals surface area contributed by atoms with Crippen molar-refractivity contribution < 1.29 is 14.3 Å². The Balaban J connectivity index is 2.81. The van der Waals surface area contributed by atoms with Crippen molar-refractivity contribution in [3.05, 3.63) is 18.3 Å². The highest BCUT2D eigenvalue weighted by atomic mass is 16.4. The number of aromatic nitrogens is 2. The number of carbonyl (C=O) groups excluding carboxylic acids is 1. The maximum absolute atomic E-state index is 10.9. The van der Waals surface area contributed by atoms with E-state index in [1.54, 1.807) is 0 Å². The van der Waals surface area contributed by atoms with Gasteiger partial charge in [-0.15, -0.1) is 0 Å². The van der Waals surface area contributed by atoms with Crippen LogP contribution in [0.25, 0.3) is 11.1 Å². The molecule has 5 nitrogen and oxygen atoms in total. The SMILES string of the molecule is CC(=O)c1oc2ncncc2c1O. The largest absolute Gasteiger partial charge is 0.504 e. The van der Waals surface area contributed by atoms with Crippen LogP contribution in [0.4, 0.5) is 0 Å². The molecule has 2 rings (SSSR count). The summed E-state index contributed by atoms with van der Waals surface area (Å²) in [5.41, 5.74) is 0.220. The molecule has 2 aromatic heterocycles. The topological polar surface area (TPSA) is 76.2 Å². The van der Waals surface area contributed by atoms with Crippen molar-refractivity contribution in [1.29, 1.82) is 0 Å². The summed E-state index contributed by atoms with van der Waals surface area (Å²) in [5, 5.41) is 9.82. The third-order valence-corrected chi connectivity index (χ3v) is 1.66. The van der Waals surface area contributed by atoms with Gasteiger partial charge in [-0.05, 0) is 0 Å². The predicted octanol–water partition coefficient (Wildman–Crippen LogP) is 1.13. The number of hydrogen-bond acceptors (Lipinski definition) is 5. The molecule has 0 saturated heterocycles. The Morgan fingerprint density at radius 3 is 3.00 bits per heavy atom. The lowest BCUT2D eigenvalue weighted by Crippen LogP contribution is -1.87. The van der Waals surface area contributed by atoms with Gasteiger partial charge in [-0.25, -0.2) is 9.97 Å². The van der Waals surface area contributed by atoms with Gasteiger partial charge in [-0.1, -0.05) is 0 Å². The third-order valence-electron chi connectivity index (χ3n) is 1.66. The Hall–Kier alpha value is -1.91. The zero-order valence-electron chi connectivity index (χ0n) is 6.81. The van der Waals surface area contributed by atoms with Crippen molar-refractivity contribution in [3.63, 3.8) is 0 Å². The van der Waals surface area contributed by atoms with Crippen LogP contribution in [0.15, 0.2) is 16.9 Å². The van der Waals surface area contributed by atoms with Crippen molar-refractivity contribution in [3.8, 4) is 5.75 Å². The minimum absolute atomic E-state index is 0.0736. The number of fused-ring (bicyclic) bond motifs is 1. The molecule has 0 aliphatic heterocycles. The van der Waals surface area contributed by atoms with Gasteiger partial charge in [0.05, 0.1) is 0 Å². The number of ketones is 1. The minimum Gasteiger partial charge on any atom is -0.504 e. The fraction of sp³-hybridized carbons (Fsp3) is 0.125. The van der Waals surface area contributed by atoms with Gasteiger partial charge in [0, 0.05) is 13.1 Å². The average Bonchev–Trinajstić information content (AvgIpc) is 2.45. The predicted molar refractivity (Wildman–Crippen MR) is 43.5 cm³/mol. The molecule has 0 amide bonds. The zero-order chi connectivity index (χ0) is 9.42. The van der Waals surface area contributed by atoms with Crippen molar-refractivity contribution >= 4 is 16.9 Å². The van der Waals surface area contributed by atoms with Crippen LogP contribution < -0.4 is 0 Å². The number of aromatic hydroxyl groups is 1. The number of nitrogens with zero attached hydrogens (tertiary/aromatic N) is 2. The molecule has 0 fully saturated rings. The van der Waals surface area contributed by atoms with E-state index in [4.69, 9.17) is 4.42 Å². The van der Waals surface area contributed by atoms with Gasteiger partial charge >= 0.3 is 0 Å².